The lowest BCUT2D eigenvalue weighted by molar-refractivity contribution is -0.160. The molecule has 1 heterocycles. The number of fused-ring (bicyclic) bond motifs is 1. The summed E-state index contributed by atoms with van der Waals surface area (Å²) in [5.41, 5.74) is 2.87. The largest absolute Gasteiger partial charge is 0.432 e. The second-order valence-corrected chi connectivity index (χ2v) is 9.11. The highest BCUT2D eigenvalue weighted by Crippen LogP contribution is 2.61. The van der Waals surface area contributed by atoms with E-state index in [1.165, 1.54) is 31.3 Å². The van der Waals surface area contributed by atoms with Gasteiger partial charge < -0.3 is 9.47 Å². The van der Waals surface area contributed by atoms with Crippen LogP contribution in [-0.2, 0) is 14.3 Å². The molecule has 3 aliphatic rings. The van der Waals surface area contributed by atoms with Crippen molar-refractivity contribution in [3.63, 3.8) is 0 Å². The van der Waals surface area contributed by atoms with Crippen molar-refractivity contribution in [1.82, 2.24) is 0 Å². The van der Waals surface area contributed by atoms with Crippen molar-refractivity contribution in [1.29, 1.82) is 0 Å². The molecule has 0 aromatic rings. The third-order valence-electron chi connectivity index (χ3n) is 7.16. The maximum atomic E-state index is 12.1. The number of ether oxygens (including phenoxy) is 2. The summed E-state index contributed by atoms with van der Waals surface area (Å²) in [5.74, 6) is 1.01. The van der Waals surface area contributed by atoms with Crippen LogP contribution in [0.15, 0.2) is 23.8 Å². The van der Waals surface area contributed by atoms with E-state index in [0.717, 1.165) is 24.3 Å². The molecule has 0 spiro atoms. The van der Waals surface area contributed by atoms with Crippen molar-refractivity contribution >= 4 is 5.97 Å². The highest BCUT2D eigenvalue weighted by molar-refractivity contribution is 5.90. The first-order valence-corrected chi connectivity index (χ1v) is 9.97. The Morgan fingerprint density at radius 3 is 2.80 bits per heavy atom. The predicted molar refractivity (Wildman–Crippen MR) is 99.9 cm³/mol. The molecule has 3 rings (SSSR count). The first-order valence-electron chi connectivity index (χ1n) is 9.97. The highest BCUT2D eigenvalue weighted by atomic mass is 16.7. The maximum absolute atomic E-state index is 12.1. The summed E-state index contributed by atoms with van der Waals surface area (Å²) in [5, 5.41) is 0. The molecular formula is C22H34O3. The fourth-order valence-electron chi connectivity index (χ4n) is 5.91. The number of rotatable bonds is 4. The third-order valence-corrected chi connectivity index (χ3v) is 7.16. The van der Waals surface area contributed by atoms with Crippen molar-refractivity contribution in [3.8, 4) is 0 Å². The number of cyclic esters (lactones) is 1. The predicted octanol–water partition coefficient (Wildman–Crippen LogP) is 5.41. The molecule has 25 heavy (non-hydrogen) atoms. The summed E-state index contributed by atoms with van der Waals surface area (Å²) in [6.07, 6.45) is 9.52. The molecule has 3 nitrogen and oxygen atoms in total. The average Bonchev–Trinajstić information content (AvgIpc) is 2.86. The van der Waals surface area contributed by atoms with Gasteiger partial charge in [0.15, 0.2) is 0 Å². The molecule has 0 N–H and O–H groups in total. The molecule has 4 atom stereocenters. The van der Waals surface area contributed by atoms with Crippen molar-refractivity contribution in [3.05, 3.63) is 23.8 Å². The number of hydrogen-bond acceptors (Lipinski definition) is 3. The lowest BCUT2D eigenvalue weighted by Crippen LogP contribution is -2.49. The third kappa shape index (κ3) is 3.45. The van der Waals surface area contributed by atoms with Crippen LogP contribution < -0.4 is 0 Å². The van der Waals surface area contributed by atoms with Gasteiger partial charge in [0.05, 0.1) is 0 Å². The Hall–Kier alpha value is -1.09. The van der Waals surface area contributed by atoms with Gasteiger partial charge in [-0.05, 0) is 61.7 Å². The number of carbonyl (C=O) groups is 1. The molecule has 0 aromatic carbocycles. The van der Waals surface area contributed by atoms with E-state index in [0.29, 0.717) is 29.8 Å². The van der Waals surface area contributed by atoms with Crippen LogP contribution in [0.2, 0.25) is 0 Å². The monoisotopic (exact) mass is 346 g/mol. The molecule has 0 bridgehead atoms. The first-order chi connectivity index (χ1) is 11.8. The summed E-state index contributed by atoms with van der Waals surface area (Å²) in [6.45, 7) is 14.3. The Morgan fingerprint density at radius 2 is 2.08 bits per heavy atom. The maximum Gasteiger partial charge on any atom is 0.336 e. The molecule has 3 unspecified atom stereocenters. The normalized spacial score (nSPS) is 39.4. The van der Waals surface area contributed by atoms with Gasteiger partial charge in [0.2, 0.25) is 6.29 Å². The molecular weight excluding hydrogens is 312 g/mol. The van der Waals surface area contributed by atoms with Gasteiger partial charge >= 0.3 is 5.97 Å². The van der Waals surface area contributed by atoms with E-state index in [4.69, 9.17) is 9.47 Å². The Labute approximate surface area is 152 Å². The Balaban J connectivity index is 1.77. The van der Waals surface area contributed by atoms with Gasteiger partial charge in [0, 0.05) is 18.6 Å². The second-order valence-electron chi connectivity index (χ2n) is 9.11. The van der Waals surface area contributed by atoms with Gasteiger partial charge in [-0.15, -0.1) is 0 Å². The summed E-state index contributed by atoms with van der Waals surface area (Å²) in [6, 6.07) is 0. The van der Waals surface area contributed by atoms with E-state index in [2.05, 4.69) is 33.4 Å². The van der Waals surface area contributed by atoms with E-state index < -0.39 is 6.29 Å². The average molecular weight is 347 g/mol. The summed E-state index contributed by atoms with van der Waals surface area (Å²) in [4.78, 5) is 12.1. The van der Waals surface area contributed by atoms with E-state index in [1.807, 2.05) is 6.92 Å². The van der Waals surface area contributed by atoms with Crippen molar-refractivity contribution in [2.24, 2.45) is 22.7 Å². The minimum Gasteiger partial charge on any atom is -0.432 e. The molecule has 3 heteroatoms. The standard InChI is InChI=1S/C22H34O3/c1-6-24-19-14-16(20(23)25-19)9-10-17-15(2)8-11-18-21(3,4)12-7-13-22(17,18)5/h9,17-19H,2,6-8,10-14H2,1,3-5H3/b16-9+/t17?,18?,19?,22-/m1/s1. The lowest BCUT2D eigenvalue weighted by atomic mass is 9.47. The van der Waals surface area contributed by atoms with Crippen LogP contribution in [0, 0.1) is 22.7 Å². The Bertz CT molecular complexity index is 574. The minimum atomic E-state index is -0.393. The molecule has 0 radical (unpaired) electrons. The van der Waals surface area contributed by atoms with E-state index in [-0.39, 0.29) is 5.97 Å². The summed E-state index contributed by atoms with van der Waals surface area (Å²) >= 11 is 0. The molecule has 1 aliphatic heterocycles. The smallest absolute Gasteiger partial charge is 0.336 e. The van der Waals surface area contributed by atoms with E-state index in [1.54, 1.807) is 0 Å². The molecule has 2 aliphatic carbocycles. The van der Waals surface area contributed by atoms with Crippen LogP contribution in [0.1, 0.15) is 72.6 Å². The number of allylic oxidation sites excluding steroid dienone is 2. The zero-order valence-electron chi connectivity index (χ0n) is 16.4. The van der Waals surface area contributed by atoms with Crippen molar-refractivity contribution < 1.29 is 14.3 Å². The van der Waals surface area contributed by atoms with E-state index in [9.17, 15) is 4.79 Å². The van der Waals surface area contributed by atoms with Crippen LogP contribution >= 0.6 is 0 Å². The fraction of sp³-hybridized carbons (Fsp3) is 0.773. The van der Waals surface area contributed by atoms with Crippen LogP contribution in [0.4, 0.5) is 0 Å². The molecule has 0 aromatic heterocycles. The van der Waals surface area contributed by atoms with Gasteiger partial charge in [-0.1, -0.05) is 45.4 Å². The van der Waals surface area contributed by atoms with Crippen LogP contribution in [0.5, 0.6) is 0 Å². The van der Waals surface area contributed by atoms with Gasteiger partial charge in [-0.25, -0.2) is 4.79 Å². The van der Waals surface area contributed by atoms with Gasteiger partial charge in [-0.3, -0.25) is 0 Å². The molecule has 0 amide bonds. The fourth-order valence-corrected chi connectivity index (χ4v) is 5.91. The zero-order chi connectivity index (χ0) is 18.2. The van der Waals surface area contributed by atoms with Gasteiger partial charge in [0.1, 0.15) is 0 Å². The molecule has 2 saturated carbocycles. The van der Waals surface area contributed by atoms with Gasteiger partial charge in [0.25, 0.3) is 0 Å². The second kappa shape index (κ2) is 6.90. The minimum absolute atomic E-state index is 0.203. The van der Waals surface area contributed by atoms with E-state index >= 15 is 0 Å². The summed E-state index contributed by atoms with van der Waals surface area (Å²) < 4.78 is 10.7. The van der Waals surface area contributed by atoms with Crippen molar-refractivity contribution in [2.45, 2.75) is 78.9 Å². The lowest BCUT2D eigenvalue weighted by Gasteiger charge is -2.58. The quantitative estimate of drug-likeness (QED) is 0.388. The van der Waals surface area contributed by atoms with Crippen molar-refractivity contribution in [2.75, 3.05) is 6.61 Å². The molecule has 3 fully saturated rings. The topological polar surface area (TPSA) is 35.5 Å². The van der Waals surface area contributed by atoms with Crippen LogP contribution in [0.25, 0.3) is 0 Å². The zero-order valence-corrected chi connectivity index (χ0v) is 16.4. The highest BCUT2D eigenvalue weighted by Gasteiger charge is 2.52. The van der Waals surface area contributed by atoms with Crippen LogP contribution in [-0.4, -0.2) is 18.9 Å². The number of esters is 1. The summed E-state index contributed by atoms with van der Waals surface area (Å²) in [7, 11) is 0. The van der Waals surface area contributed by atoms with Crippen LogP contribution in [0.3, 0.4) is 0 Å². The number of hydrogen-bond donors (Lipinski definition) is 0. The molecule has 140 valence electrons. The Morgan fingerprint density at radius 1 is 1.32 bits per heavy atom. The van der Waals surface area contributed by atoms with Gasteiger partial charge in [-0.2, -0.15) is 0 Å². The SMILES string of the molecule is C=C1CCC2C(C)(C)CCC[C@]2(C)C1C/C=C1\CC(OCC)OC1=O. The Kier molecular flexibility index (Phi) is 5.16. The first kappa shape index (κ1) is 18.7. The molecule has 1 saturated heterocycles. The number of carbonyl (C=O) groups excluding carboxylic acids is 1.